The van der Waals surface area contributed by atoms with Crippen LogP contribution in [0, 0.1) is 18.8 Å². The van der Waals surface area contributed by atoms with Gasteiger partial charge in [0.15, 0.2) is 5.69 Å². The molecule has 1 aromatic rings. The highest BCUT2D eigenvalue weighted by Crippen LogP contribution is 2.40. The molecule has 18 heavy (non-hydrogen) atoms. The van der Waals surface area contributed by atoms with Crippen LogP contribution in [0.25, 0.3) is 0 Å². The Morgan fingerprint density at radius 2 is 1.94 bits per heavy atom. The van der Waals surface area contributed by atoms with Gasteiger partial charge in [0.25, 0.3) is 0 Å². The van der Waals surface area contributed by atoms with Gasteiger partial charge in [0.2, 0.25) is 0 Å². The molecule has 0 saturated heterocycles. The number of carboxylic acid groups (broad SMARTS) is 1. The molecule has 1 N–H and O–H groups in total. The van der Waals surface area contributed by atoms with Crippen LogP contribution in [-0.2, 0) is 0 Å². The van der Waals surface area contributed by atoms with E-state index < -0.39 is 5.97 Å². The van der Waals surface area contributed by atoms with Crippen molar-refractivity contribution in [1.29, 1.82) is 0 Å². The molecule has 0 spiro atoms. The molecule has 3 nitrogen and oxygen atoms in total. The Labute approximate surface area is 112 Å². The van der Waals surface area contributed by atoms with E-state index in [-0.39, 0.29) is 5.69 Å². The lowest BCUT2D eigenvalue weighted by Gasteiger charge is -2.29. The number of nitrogens with zero attached hydrogens (tertiary/aromatic N) is 1. The van der Waals surface area contributed by atoms with Crippen molar-refractivity contribution in [3.8, 4) is 0 Å². The van der Waals surface area contributed by atoms with Crippen LogP contribution in [0.2, 0.25) is 0 Å². The van der Waals surface area contributed by atoms with E-state index in [0.29, 0.717) is 5.92 Å². The first kappa shape index (κ1) is 13.5. The molecule has 4 heteroatoms. The lowest BCUT2D eigenvalue weighted by molar-refractivity contribution is 0.0690. The van der Waals surface area contributed by atoms with Crippen molar-refractivity contribution in [1.82, 2.24) is 4.98 Å². The van der Waals surface area contributed by atoms with Gasteiger partial charge < -0.3 is 5.11 Å². The highest BCUT2D eigenvalue weighted by atomic mass is 32.1. The fourth-order valence-electron chi connectivity index (χ4n) is 2.82. The highest BCUT2D eigenvalue weighted by Gasteiger charge is 2.27. The topological polar surface area (TPSA) is 50.2 Å². The van der Waals surface area contributed by atoms with E-state index in [9.17, 15) is 4.79 Å². The first-order chi connectivity index (χ1) is 8.49. The summed E-state index contributed by atoms with van der Waals surface area (Å²) >= 11 is 1.57. The summed E-state index contributed by atoms with van der Waals surface area (Å²) in [6.45, 7) is 6.44. The molecular formula is C14H21NO2S. The Bertz CT molecular complexity index is 431. The predicted molar refractivity (Wildman–Crippen MR) is 73.3 cm³/mol. The van der Waals surface area contributed by atoms with Gasteiger partial charge in [0.05, 0.1) is 5.01 Å². The smallest absolute Gasteiger partial charge is 0.355 e. The lowest BCUT2D eigenvalue weighted by Crippen LogP contribution is -2.17. The fraction of sp³-hybridized carbons (Fsp3) is 0.714. The predicted octanol–water partition coefficient (Wildman–Crippen LogP) is 4.08. The minimum absolute atomic E-state index is 0.251. The third-order valence-electron chi connectivity index (χ3n) is 4.08. The third-order valence-corrected chi connectivity index (χ3v) is 5.21. The minimum Gasteiger partial charge on any atom is -0.476 e. The van der Waals surface area contributed by atoms with Gasteiger partial charge in [-0.05, 0) is 44.4 Å². The molecule has 0 unspecified atom stereocenters. The molecule has 0 radical (unpaired) electrons. The number of hydrogen-bond acceptors (Lipinski definition) is 3. The van der Waals surface area contributed by atoms with Crippen molar-refractivity contribution >= 4 is 17.3 Å². The summed E-state index contributed by atoms with van der Waals surface area (Å²) in [5, 5.41) is 10.1. The monoisotopic (exact) mass is 267 g/mol. The molecule has 0 amide bonds. The van der Waals surface area contributed by atoms with E-state index in [4.69, 9.17) is 5.11 Å². The van der Waals surface area contributed by atoms with E-state index in [1.165, 1.54) is 12.8 Å². The standard InChI is InChI=1S/C14H21NO2S/c1-8(2)10-4-6-11(7-5-10)13-15-12(14(16)17)9(3)18-13/h8,10-11H,4-7H2,1-3H3,(H,16,17). The average Bonchev–Trinajstić information content (AvgIpc) is 2.71. The first-order valence-electron chi connectivity index (χ1n) is 6.69. The number of carboxylic acids is 1. The SMILES string of the molecule is Cc1sc(C2CCC(C(C)C)CC2)nc1C(=O)O. The molecule has 1 fully saturated rings. The molecule has 0 atom stereocenters. The van der Waals surface area contributed by atoms with Crippen molar-refractivity contribution in [3.63, 3.8) is 0 Å². The Hall–Kier alpha value is -0.900. The summed E-state index contributed by atoms with van der Waals surface area (Å²) in [5.74, 6) is 1.18. The number of aryl methyl sites for hydroxylation is 1. The molecule has 0 aliphatic heterocycles. The summed E-state index contributed by atoms with van der Waals surface area (Å²) in [4.78, 5) is 16.2. The Balaban J connectivity index is 2.06. The zero-order valence-electron chi connectivity index (χ0n) is 11.3. The minimum atomic E-state index is -0.897. The zero-order chi connectivity index (χ0) is 13.3. The summed E-state index contributed by atoms with van der Waals surface area (Å²) in [6.07, 6.45) is 4.83. The van der Waals surface area contributed by atoms with E-state index in [1.54, 1.807) is 11.3 Å². The maximum atomic E-state index is 11.0. The molecule has 0 aromatic carbocycles. The quantitative estimate of drug-likeness (QED) is 0.897. The Morgan fingerprint density at radius 3 is 2.39 bits per heavy atom. The second kappa shape index (κ2) is 5.39. The maximum absolute atomic E-state index is 11.0. The van der Waals surface area contributed by atoms with Crippen LogP contribution in [0.3, 0.4) is 0 Å². The van der Waals surface area contributed by atoms with Crippen LogP contribution in [0.5, 0.6) is 0 Å². The van der Waals surface area contributed by atoms with Crippen LogP contribution < -0.4 is 0 Å². The highest BCUT2D eigenvalue weighted by molar-refractivity contribution is 7.12. The Kier molecular flexibility index (Phi) is 4.05. The van der Waals surface area contributed by atoms with Gasteiger partial charge in [0.1, 0.15) is 0 Å². The number of carbonyl (C=O) groups is 1. The summed E-state index contributed by atoms with van der Waals surface area (Å²) in [5.41, 5.74) is 0.251. The van der Waals surface area contributed by atoms with E-state index in [0.717, 1.165) is 34.6 Å². The number of aromatic carboxylic acids is 1. The molecule has 1 aliphatic rings. The second-order valence-corrected chi connectivity index (χ2v) is 6.85. The molecule has 2 rings (SSSR count). The van der Waals surface area contributed by atoms with Crippen molar-refractivity contribution in [2.45, 2.75) is 52.4 Å². The van der Waals surface area contributed by atoms with Crippen LogP contribution >= 0.6 is 11.3 Å². The zero-order valence-corrected chi connectivity index (χ0v) is 12.1. The molecule has 1 heterocycles. The van der Waals surface area contributed by atoms with Crippen molar-refractivity contribution < 1.29 is 9.90 Å². The summed E-state index contributed by atoms with van der Waals surface area (Å²) < 4.78 is 0. The lowest BCUT2D eigenvalue weighted by atomic mass is 9.77. The molecule has 1 aliphatic carbocycles. The molecule has 100 valence electrons. The summed E-state index contributed by atoms with van der Waals surface area (Å²) in [6, 6.07) is 0. The number of rotatable bonds is 3. The molecular weight excluding hydrogens is 246 g/mol. The van der Waals surface area contributed by atoms with E-state index in [2.05, 4.69) is 18.8 Å². The maximum Gasteiger partial charge on any atom is 0.355 e. The van der Waals surface area contributed by atoms with Crippen molar-refractivity contribution in [2.24, 2.45) is 11.8 Å². The van der Waals surface area contributed by atoms with E-state index in [1.807, 2.05) is 6.92 Å². The van der Waals surface area contributed by atoms with Gasteiger partial charge in [0, 0.05) is 10.8 Å². The number of thiazole rings is 1. The van der Waals surface area contributed by atoms with Gasteiger partial charge in [-0.2, -0.15) is 0 Å². The largest absolute Gasteiger partial charge is 0.476 e. The normalized spacial score (nSPS) is 24.4. The number of hydrogen-bond donors (Lipinski definition) is 1. The average molecular weight is 267 g/mol. The van der Waals surface area contributed by atoms with Gasteiger partial charge in [-0.3, -0.25) is 0 Å². The van der Waals surface area contributed by atoms with Crippen LogP contribution in [0.1, 0.15) is 65.8 Å². The fourth-order valence-corrected chi connectivity index (χ4v) is 3.91. The van der Waals surface area contributed by atoms with Crippen LogP contribution in [0.15, 0.2) is 0 Å². The molecule has 1 aromatic heterocycles. The van der Waals surface area contributed by atoms with Crippen LogP contribution in [0.4, 0.5) is 0 Å². The van der Waals surface area contributed by atoms with Crippen LogP contribution in [-0.4, -0.2) is 16.1 Å². The van der Waals surface area contributed by atoms with E-state index >= 15 is 0 Å². The molecule has 1 saturated carbocycles. The summed E-state index contributed by atoms with van der Waals surface area (Å²) in [7, 11) is 0. The third kappa shape index (κ3) is 2.74. The van der Waals surface area contributed by atoms with Gasteiger partial charge in [-0.25, -0.2) is 9.78 Å². The van der Waals surface area contributed by atoms with Gasteiger partial charge >= 0.3 is 5.97 Å². The molecule has 0 bridgehead atoms. The van der Waals surface area contributed by atoms with Crippen molar-refractivity contribution in [3.05, 3.63) is 15.6 Å². The first-order valence-corrected chi connectivity index (χ1v) is 7.51. The Morgan fingerprint density at radius 1 is 1.33 bits per heavy atom. The van der Waals surface area contributed by atoms with Gasteiger partial charge in [-0.15, -0.1) is 11.3 Å². The second-order valence-electron chi connectivity index (χ2n) is 5.62. The van der Waals surface area contributed by atoms with Crippen molar-refractivity contribution in [2.75, 3.05) is 0 Å². The van der Waals surface area contributed by atoms with Gasteiger partial charge in [-0.1, -0.05) is 13.8 Å². The number of aromatic nitrogens is 1.